The molecule has 1 nitrogen and oxygen atoms in total. The highest BCUT2D eigenvalue weighted by Gasteiger charge is 1.95. The van der Waals surface area contributed by atoms with Gasteiger partial charge in [-0.3, -0.25) is 0 Å². The van der Waals surface area contributed by atoms with Gasteiger partial charge in [-0.05, 0) is 17.0 Å². The van der Waals surface area contributed by atoms with Crippen LogP contribution in [-0.2, 0) is 6.54 Å². The van der Waals surface area contributed by atoms with Crippen molar-refractivity contribution in [3.8, 4) is 0 Å². The maximum atomic E-state index is 5.68. The third-order valence-electron chi connectivity index (χ3n) is 0.913. The second-order valence-electron chi connectivity index (χ2n) is 1.42. The van der Waals surface area contributed by atoms with Gasteiger partial charge in [0.1, 0.15) is 0 Å². The molecule has 1 aromatic rings. The lowest BCUT2D eigenvalue weighted by Crippen LogP contribution is -1.93. The first-order valence-corrected chi connectivity index (χ1v) is 3.52. The van der Waals surface area contributed by atoms with Crippen molar-refractivity contribution in [2.75, 3.05) is 0 Å². The van der Waals surface area contributed by atoms with Gasteiger partial charge < -0.3 is 5.73 Å². The van der Waals surface area contributed by atoms with Crippen LogP contribution in [0.4, 0.5) is 0 Å². The molecule has 0 spiro atoms. The highest BCUT2D eigenvalue weighted by Crippen LogP contribution is 2.21. The fourth-order valence-electron chi connectivity index (χ4n) is 0.465. The summed E-state index contributed by atoms with van der Waals surface area (Å²) in [5.41, 5.74) is 6.36. The van der Waals surface area contributed by atoms with Gasteiger partial charge in [0.25, 0.3) is 0 Å². The van der Waals surface area contributed by atoms with Gasteiger partial charge in [-0.15, -0.1) is 11.3 Å². The van der Waals surface area contributed by atoms with E-state index in [0.29, 0.717) is 6.54 Å². The Morgan fingerprint density at radius 2 is 2.50 bits per heavy atom. The fourth-order valence-corrected chi connectivity index (χ4v) is 1.41. The Kier molecular flexibility index (Phi) is 1.89. The average molecular weight is 148 g/mol. The van der Waals surface area contributed by atoms with Crippen LogP contribution in [0.25, 0.3) is 0 Å². The largest absolute Gasteiger partial charge is 0.326 e. The zero-order valence-corrected chi connectivity index (χ0v) is 5.80. The summed E-state index contributed by atoms with van der Waals surface area (Å²) >= 11 is 7.19. The predicted molar refractivity (Wildman–Crippen MR) is 37.2 cm³/mol. The van der Waals surface area contributed by atoms with Crippen LogP contribution in [0, 0.1) is 0 Å². The summed E-state index contributed by atoms with van der Waals surface area (Å²) in [6.07, 6.45) is 0. The summed E-state index contributed by atoms with van der Waals surface area (Å²) in [7, 11) is 0. The van der Waals surface area contributed by atoms with E-state index in [-0.39, 0.29) is 0 Å². The maximum Gasteiger partial charge on any atom is 0.0973 e. The summed E-state index contributed by atoms with van der Waals surface area (Å²) < 4.78 is 0.813. The van der Waals surface area contributed by atoms with E-state index in [0.717, 1.165) is 9.90 Å². The van der Waals surface area contributed by atoms with E-state index in [1.54, 1.807) is 0 Å². The third-order valence-corrected chi connectivity index (χ3v) is 2.16. The van der Waals surface area contributed by atoms with E-state index in [4.69, 9.17) is 17.3 Å². The zero-order valence-electron chi connectivity index (χ0n) is 4.23. The Morgan fingerprint density at radius 3 is 2.75 bits per heavy atom. The molecule has 0 atom stereocenters. The zero-order chi connectivity index (χ0) is 5.98. The molecule has 8 heavy (non-hydrogen) atoms. The van der Waals surface area contributed by atoms with Crippen LogP contribution in [0.2, 0.25) is 4.34 Å². The van der Waals surface area contributed by atoms with E-state index in [1.165, 1.54) is 11.3 Å². The molecule has 0 radical (unpaired) electrons. The molecule has 0 aliphatic carbocycles. The van der Waals surface area contributed by atoms with Gasteiger partial charge in [-0.25, -0.2) is 0 Å². The smallest absolute Gasteiger partial charge is 0.0973 e. The quantitative estimate of drug-likeness (QED) is 0.645. The van der Waals surface area contributed by atoms with Crippen molar-refractivity contribution in [3.05, 3.63) is 21.3 Å². The number of rotatable bonds is 1. The fraction of sp³-hybridized carbons (Fsp3) is 0.200. The molecule has 44 valence electrons. The molecule has 1 rings (SSSR count). The normalized spacial score (nSPS) is 9.75. The number of nitrogens with two attached hydrogens (primary N) is 1. The van der Waals surface area contributed by atoms with Crippen molar-refractivity contribution in [1.29, 1.82) is 0 Å². The second kappa shape index (κ2) is 2.49. The van der Waals surface area contributed by atoms with Crippen molar-refractivity contribution >= 4 is 22.9 Å². The SMILES string of the molecule is NCc1ccsc1Cl. The van der Waals surface area contributed by atoms with Crippen molar-refractivity contribution in [3.63, 3.8) is 0 Å². The van der Waals surface area contributed by atoms with Gasteiger partial charge in [0.05, 0.1) is 4.34 Å². The lowest BCUT2D eigenvalue weighted by Gasteiger charge is -1.86. The van der Waals surface area contributed by atoms with E-state index in [9.17, 15) is 0 Å². The van der Waals surface area contributed by atoms with Crippen LogP contribution in [0.15, 0.2) is 11.4 Å². The van der Waals surface area contributed by atoms with Crippen molar-refractivity contribution < 1.29 is 0 Å². The Morgan fingerprint density at radius 1 is 1.75 bits per heavy atom. The Labute approximate surface area is 57.1 Å². The van der Waals surface area contributed by atoms with E-state index >= 15 is 0 Å². The first kappa shape index (κ1) is 6.08. The molecule has 0 amide bonds. The molecule has 0 aromatic carbocycles. The molecule has 2 N–H and O–H groups in total. The molecule has 3 heteroatoms. The van der Waals surface area contributed by atoms with Crippen LogP contribution in [0.3, 0.4) is 0 Å². The van der Waals surface area contributed by atoms with Crippen LogP contribution in [0.1, 0.15) is 5.56 Å². The molecule has 0 aliphatic rings. The topological polar surface area (TPSA) is 26.0 Å². The standard InChI is InChI=1S/C5H6ClNS/c6-5-4(3-7)1-2-8-5/h1-2H,3,7H2. The average Bonchev–Trinajstić information content (AvgIpc) is 2.14. The van der Waals surface area contributed by atoms with Crippen LogP contribution in [-0.4, -0.2) is 0 Å². The lowest BCUT2D eigenvalue weighted by molar-refractivity contribution is 1.08. The van der Waals surface area contributed by atoms with Crippen molar-refractivity contribution in [2.45, 2.75) is 6.54 Å². The Bertz CT molecular complexity index is 173. The van der Waals surface area contributed by atoms with Crippen LogP contribution < -0.4 is 5.73 Å². The highest BCUT2D eigenvalue weighted by molar-refractivity contribution is 7.14. The molecular formula is C5H6ClNS. The van der Waals surface area contributed by atoms with Gasteiger partial charge >= 0.3 is 0 Å². The Balaban J connectivity index is 2.92. The second-order valence-corrected chi connectivity index (χ2v) is 2.94. The summed E-state index contributed by atoms with van der Waals surface area (Å²) in [6.45, 7) is 0.544. The van der Waals surface area contributed by atoms with Gasteiger partial charge in [0, 0.05) is 6.54 Å². The summed E-state index contributed by atoms with van der Waals surface area (Å²) in [6, 6.07) is 1.94. The number of halogens is 1. The molecule has 0 saturated heterocycles. The first-order chi connectivity index (χ1) is 3.84. The highest BCUT2D eigenvalue weighted by atomic mass is 35.5. The molecule has 0 bridgehead atoms. The van der Waals surface area contributed by atoms with E-state index in [1.807, 2.05) is 11.4 Å². The summed E-state index contributed by atoms with van der Waals surface area (Å²) in [5, 5.41) is 1.94. The van der Waals surface area contributed by atoms with Crippen LogP contribution >= 0.6 is 22.9 Å². The summed E-state index contributed by atoms with van der Waals surface area (Å²) in [5.74, 6) is 0. The number of hydrogen-bond acceptors (Lipinski definition) is 2. The molecule has 1 aromatic heterocycles. The third kappa shape index (κ3) is 1.02. The summed E-state index contributed by atoms with van der Waals surface area (Å²) in [4.78, 5) is 0. The Hall–Kier alpha value is -0.0500. The van der Waals surface area contributed by atoms with E-state index < -0.39 is 0 Å². The van der Waals surface area contributed by atoms with E-state index in [2.05, 4.69) is 0 Å². The maximum absolute atomic E-state index is 5.68. The van der Waals surface area contributed by atoms with Gasteiger partial charge in [0.15, 0.2) is 0 Å². The molecular weight excluding hydrogens is 142 g/mol. The monoisotopic (exact) mass is 147 g/mol. The minimum absolute atomic E-state index is 0.544. The minimum Gasteiger partial charge on any atom is -0.326 e. The molecule has 0 aliphatic heterocycles. The number of hydrogen-bond donors (Lipinski definition) is 1. The van der Waals surface area contributed by atoms with Crippen molar-refractivity contribution in [1.82, 2.24) is 0 Å². The number of thiophene rings is 1. The predicted octanol–water partition coefficient (Wildman–Crippen LogP) is 1.86. The molecule has 0 fully saturated rings. The van der Waals surface area contributed by atoms with Gasteiger partial charge in [-0.2, -0.15) is 0 Å². The van der Waals surface area contributed by atoms with Gasteiger partial charge in [0.2, 0.25) is 0 Å². The molecule has 0 saturated carbocycles. The molecule has 0 unspecified atom stereocenters. The lowest BCUT2D eigenvalue weighted by atomic mass is 10.4. The minimum atomic E-state index is 0.544. The van der Waals surface area contributed by atoms with Crippen molar-refractivity contribution in [2.24, 2.45) is 5.73 Å². The molecule has 1 heterocycles. The first-order valence-electron chi connectivity index (χ1n) is 2.26. The van der Waals surface area contributed by atoms with Crippen LogP contribution in [0.5, 0.6) is 0 Å². The van der Waals surface area contributed by atoms with Gasteiger partial charge in [-0.1, -0.05) is 11.6 Å².